The summed E-state index contributed by atoms with van der Waals surface area (Å²) in [6.07, 6.45) is 5.69. The van der Waals surface area contributed by atoms with Gasteiger partial charge in [0, 0.05) is 61.9 Å². The molecule has 0 spiro atoms. The third kappa shape index (κ3) is 5.00. The lowest BCUT2D eigenvalue weighted by Crippen LogP contribution is -2.44. The minimum atomic E-state index is -3.04. The number of nitrogens with zero attached hydrogens (tertiary/aromatic N) is 5. The summed E-state index contributed by atoms with van der Waals surface area (Å²) in [4.78, 5) is 16.0. The van der Waals surface area contributed by atoms with E-state index >= 15 is 8.78 Å². The normalized spacial score (nSPS) is 29.2. The molecule has 4 atom stereocenters. The lowest BCUT2D eigenvalue weighted by atomic mass is 9.78. The van der Waals surface area contributed by atoms with Crippen LogP contribution in [0.3, 0.4) is 0 Å². The molecule has 8 nitrogen and oxygen atoms in total. The van der Waals surface area contributed by atoms with Gasteiger partial charge in [-0.05, 0) is 49.4 Å². The number of ether oxygens (including phenoxy) is 2. The SMILES string of the molecule is [2H]C([2H])([2H])c1c(-c2cc(O)cc3ccc(F)c(C#C)c23)ncc2c(N3CCOC[C@H]4[C@H](F)[C@H]43)nc(OC([2H])([2H])[C@]3(C)CN(C([2H])([2H])[2H])CC/C3=C\F)nc12. The van der Waals surface area contributed by atoms with Gasteiger partial charge in [-0.25, -0.2) is 13.2 Å². The number of hydrogen-bond donors (Lipinski definition) is 1. The van der Waals surface area contributed by atoms with Gasteiger partial charge >= 0.3 is 6.01 Å². The van der Waals surface area contributed by atoms with Crippen molar-refractivity contribution >= 4 is 27.5 Å². The van der Waals surface area contributed by atoms with Gasteiger partial charge in [0.25, 0.3) is 0 Å². The molecule has 1 aliphatic carbocycles. The summed E-state index contributed by atoms with van der Waals surface area (Å²) >= 11 is 0. The van der Waals surface area contributed by atoms with Crippen molar-refractivity contribution in [2.24, 2.45) is 11.3 Å². The van der Waals surface area contributed by atoms with E-state index in [4.69, 9.17) is 26.9 Å². The number of halogens is 3. The first-order valence-corrected chi connectivity index (χ1v) is 14.7. The molecule has 3 fully saturated rings. The van der Waals surface area contributed by atoms with Crippen LogP contribution in [0.15, 0.2) is 42.4 Å². The molecule has 3 aliphatic rings. The number of aryl methyl sites for hydroxylation is 1. The number of phenols is 1. The maximum Gasteiger partial charge on any atom is 0.318 e. The summed E-state index contributed by atoms with van der Waals surface area (Å²) < 4.78 is 124. The van der Waals surface area contributed by atoms with Crippen LogP contribution in [0.1, 0.15) is 35.4 Å². The summed E-state index contributed by atoms with van der Waals surface area (Å²) in [6.45, 7) is -7.51. The second kappa shape index (κ2) is 11.4. The van der Waals surface area contributed by atoms with Gasteiger partial charge in [0.1, 0.15) is 30.1 Å². The Labute approximate surface area is 276 Å². The van der Waals surface area contributed by atoms with E-state index in [-0.39, 0.29) is 94.7 Å². The number of fused-ring (bicyclic) bond motifs is 3. The van der Waals surface area contributed by atoms with Gasteiger partial charge in [-0.15, -0.1) is 6.42 Å². The second-order valence-electron chi connectivity index (χ2n) is 11.9. The van der Waals surface area contributed by atoms with Gasteiger partial charge in [0.05, 0.1) is 50.5 Å². The Hall–Kier alpha value is -4.40. The first-order chi connectivity index (χ1) is 25.3. The zero-order chi connectivity index (χ0) is 39.1. The monoisotopic (exact) mass is 637 g/mol. The van der Waals surface area contributed by atoms with Crippen molar-refractivity contribution in [3.8, 4) is 35.4 Å². The predicted molar refractivity (Wildman–Crippen MR) is 170 cm³/mol. The number of aromatic hydroxyl groups is 1. The van der Waals surface area contributed by atoms with Gasteiger partial charge in [-0.1, -0.05) is 18.9 Å². The van der Waals surface area contributed by atoms with Crippen LogP contribution in [-0.2, 0) is 4.74 Å². The molecule has 0 bridgehead atoms. The Balaban J connectivity index is 1.49. The van der Waals surface area contributed by atoms with E-state index in [1.807, 2.05) is 0 Å². The molecule has 1 N–H and O–H groups in total. The lowest BCUT2D eigenvalue weighted by molar-refractivity contribution is 0.109. The van der Waals surface area contributed by atoms with Crippen molar-refractivity contribution in [3.63, 3.8) is 0 Å². The van der Waals surface area contributed by atoms with Crippen LogP contribution >= 0.6 is 0 Å². The largest absolute Gasteiger partial charge is 0.508 e. The van der Waals surface area contributed by atoms with Crippen molar-refractivity contribution in [3.05, 3.63) is 59.3 Å². The minimum Gasteiger partial charge on any atom is -0.508 e. The lowest BCUT2D eigenvalue weighted by Gasteiger charge is -2.40. The highest BCUT2D eigenvalue weighted by molar-refractivity contribution is 6.04. The highest BCUT2D eigenvalue weighted by Crippen LogP contribution is 2.45. The van der Waals surface area contributed by atoms with Crippen LogP contribution in [0.2, 0.25) is 0 Å². The Morgan fingerprint density at radius 2 is 2.20 bits per heavy atom. The van der Waals surface area contributed by atoms with E-state index in [2.05, 4.69) is 20.9 Å². The van der Waals surface area contributed by atoms with Crippen LogP contribution in [0.5, 0.6) is 11.8 Å². The minimum absolute atomic E-state index is 0.0205. The van der Waals surface area contributed by atoms with Crippen LogP contribution in [0, 0.1) is 36.3 Å². The molecule has 4 aromatic rings. The number of pyridine rings is 1. The number of hydrogen-bond acceptors (Lipinski definition) is 8. The number of rotatable bonds is 5. The van der Waals surface area contributed by atoms with Crippen LogP contribution in [0.25, 0.3) is 32.9 Å². The van der Waals surface area contributed by atoms with Crippen molar-refractivity contribution in [1.82, 2.24) is 19.9 Å². The highest BCUT2D eigenvalue weighted by Gasteiger charge is 2.56. The molecule has 1 saturated carbocycles. The zero-order valence-electron chi connectivity index (χ0n) is 32.6. The molecule has 2 saturated heterocycles. The number of phenolic OH excluding ortho intramolecular Hbond substituents is 1. The van der Waals surface area contributed by atoms with Crippen molar-refractivity contribution in [2.45, 2.75) is 32.4 Å². The molecule has 2 aromatic heterocycles. The van der Waals surface area contributed by atoms with Crippen LogP contribution in [0.4, 0.5) is 19.0 Å². The molecule has 46 heavy (non-hydrogen) atoms. The van der Waals surface area contributed by atoms with Gasteiger partial charge < -0.3 is 24.4 Å². The second-order valence-corrected chi connectivity index (χ2v) is 11.9. The molecular weight excluding hydrogens is 595 g/mol. The summed E-state index contributed by atoms with van der Waals surface area (Å²) in [5.74, 6) is 0.604. The van der Waals surface area contributed by atoms with E-state index in [9.17, 15) is 9.50 Å². The van der Waals surface area contributed by atoms with Crippen LogP contribution < -0.4 is 9.64 Å². The van der Waals surface area contributed by atoms with E-state index < -0.39 is 67.9 Å². The number of benzene rings is 2. The topological polar surface area (TPSA) is 83.8 Å². The predicted octanol–water partition coefficient (Wildman–Crippen LogP) is 5.73. The van der Waals surface area contributed by atoms with Gasteiger partial charge in [0.15, 0.2) is 0 Å². The Kier molecular flexibility index (Phi) is 5.52. The van der Waals surface area contributed by atoms with Crippen molar-refractivity contribution < 1.29 is 38.7 Å². The van der Waals surface area contributed by atoms with E-state index in [0.717, 1.165) is 11.0 Å². The van der Waals surface area contributed by atoms with E-state index in [1.165, 1.54) is 31.3 Å². The first-order valence-electron chi connectivity index (χ1n) is 18.7. The van der Waals surface area contributed by atoms with Gasteiger partial charge in [0.2, 0.25) is 0 Å². The Morgan fingerprint density at radius 1 is 1.33 bits per heavy atom. The maximum atomic E-state index is 15.2. The third-order valence-electron chi connectivity index (χ3n) is 8.97. The zero-order valence-corrected chi connectivity index (χ0v) is 24.6. The average molecular weight is 638 g/mol. The molecule has 7 rings (SSSR count). The number of anilines is 1. The van der Waals surface area contributed by atoms with Gasteiger partial charge in [-0.3, -0.25) is 4.98 Å². The molecule has 238 valence electrons. The van der Waals surface area contributed by atoms with Crippen LogP contribution in [-0.4, -0.2) is 83.6 Å². The Morgan fingerprint density at radius 3 is 2.98 bits per heavy atom. The molecule has 11 heteroatoms. The van der Waals surface area contributed by atoms with Gasteiger partial charge in [-0.2, -0.15) is 9.97 Å². The molecule has 0 unspecified atom stereocenters. The molecule has 0 amide bonds. The quantitative estimate of drug-likeness (QED) is 0.278. The fourth-order valence-corrected chi connectivity index (χ4v) is 6.49. The average Bonchev–Trinajstić information content (AvgIpc) is 3.79. The maximum absolute atomic E-state index is 15.2. The summed E-state index contributed by atoms with van der Waals surface area (Å²) in [7, 11) is 0. The third-order valence-corrected chi connectivity index (χ3v) is 8.97. The Bertz CT molecular complexity index is 2250. The smallest absolute Gasteiger partial charge is 0.318 e. The molecular formula is C35H34F3N5O3. The highest BCUT2D eigenvalue weighted by atomic mass is 19.1. The number of alkyl halides is 1. The van der Waals surface area contributed by atoms with Crippen molar-refractivity contribution in [2.75, 3.05) is 51.3 Å². The summed E-state index contributed by atoms with van der Waals surface area (Å²) in [5, 5.41) is 11.1. The summed E-state index contributed by atoms with van der Waals surface area (Å²) in [5.41, 5.74) is -3.36. The fourth-order valence-electron chi connectivity index (χ4n) is 6.49. The van der Waals surface area contributed by atoms with E-state index in [1.54, 1.807) is 4.90 Å². The number of aromatic nitrogens is 3. The standard InChI is InChI=1S/C35H34F3N5O3/c1-5-23-27(37)7-6-20-12-22(44)13-24(28(20)23)30-19(2)31-25(15-39-30)33(43-10-11-45-16-26-29(38)32(26)43)41-34(40-31)46-18-35(3)17-42(4)9-8-21(35)14-36/h1,6-7,12-15,26,29,32,44H,8-11,16-18H2,2-4H3/b21-14+/t26-,29-,32-,35-/m0/s1/i2D3,4D3,18D2. The molecule has 0 radical (unpaired) electrons. The number of likely N-dealkylation sites (tertiary alicyclic amines) is 1. The number of piperidine rings is 1. The van der Waals surface area contributed by atoms with Crippen molar-refractivity contribution in [1.29, 1.82) is 0 Å². The van der Waals surface area contributed by atoms with E-state index in [0.29, 0.717) is 0 Å². The first kappa shape index (κ1) is 22.2. The molecule has 4 heterocycles. The molecule has 2 aliphatic heterocycles. The summed E-state index contributed by atoms with van der Waals surface area (Å²) in [6, 6.07) is 3.52. The molecule has 2 aromatic carbocycles. The number of terminal acetylenes is 1. The fraction of sp³-hybridized carbons (Fsp3) is 0.400.